The van der Waals surface area contributed by atoms with Gasteiger partial charge in [0.05, 0.1) is 6.61 Å². The minimum absolute atomic E-state index is 0.0665. The Balaban J connectivity index is 4.29. The highest BCUT2D eigenvalue weighted by Crippen LogP contribution is 2.13. The van der Waals surface area contributed by atoms with E-state index >= 15 is 0 Å². The van der Waals surface area contributed by atoms with Crippen LogP contribution in [0.3, 0.4) is 0 Å². The Kier molecular flexibility index (Phi) is 46.5. The van der Waals surface area contributed by atoms with Crippen LogP contribution in [0.1, 0.15) is 226 Å². The van der Waals surface area contributed by atoms with Crippen molar-refractivity contribution in [1.29, 1.82) is 0 Å². The zero-order valence-electron chi connectivity index (χ0n) is 38.3. The number of hydrogen-bond donors (Lipinski definition) is 0. The maximum atomic E-state index is 12.7. The molecule has 0 fully saturated rings. The largest absolute Gasteiger partial charge is 0.462 e. The van der Waals surface area contributed by atoms with Crippen LogP contribution in [0.15, 0.2) is 72.9 Å². The summed E-state index contributed by atoms with van der Waals surface area (Å²) in [5.41, 5.74) is 0. The first-order chi connectivity index (χ1) is 28.6. The Hall–Kier alpha value is -2.66. The van der Waals surface area contributed by atoms with Crippen LogP contribution in [-0.4, -0.2) is 37.9 Å². The third-order valence-corrected chi connectivity index (χ3v) is 10.2. The molecule has 5 nitrogen and oxygen atoms in total. The molecule has 0 aromatic heterocycles. The molecule has 58 heavy (non-hydrogen) atoms. The molecule has 334 valence electrons. The summed E-state index contributed by atoms with van der Waals surface area (Å²) in [6.45, 7) is 7.59. The predicted molar refractivity (Wildman–Crippen MR) is 251 cm³/mol. The summed E-state index contributed by atoms with van der Waals surface area (Å²) >= 11 is 0. The van der Waals surface area contributed by atoms with Crippen LogP contribution in [0, 0.1) is 0 Å². The standard InChI is InChI=1S/C53H92O5/c1-4-7-10-13-16-19-22-24-26-27-28-29-32-34-37-40-43-46-52(54)57-50-51(58-53(55)47-44-41-38-35-31-21-18-15-12-9-6-3)49-56-48-45-42-39-36-33-30-25-23-20-17-14-11-8-5-2/h8,11,15-20,24-26,30,51H,4-7,9-10,12-14,21-23,27-29,31-50H2,1-3H3/b11-8-,18-15-,19-16-,20-17-,26-24-,30-25-. The van der Waals surface area contributed by atoms with Crippen molar-refractivity contribution in [2.24, 2.45) is 0 Å². The van der Waals surface area contributed by atoms with Gasteiger partial charge in [-0.2, -0.15) is 0 Å². The second kappa shape index (κ2) is 48.7. The lowest BCUT2D eigenvalue weighted by Crippen LogP contribution is -2.30. The van der Waals surface area contributed by atoms with Crippen LogP contribution >= 0.6 is 0 Å². The number of rotatable bonds is 44. The van der Waals surface area contributed by atoms with E-state index in [2.05, 4.69) is 93.7 Å². The monoisotopic (exact) mass is 809 g/mol. The van der Waals surface area contributed by atoms with Crippen LogP contribution in [0.2, 0.25) is 0 Å². The first-order valence-corrected chi connectivity index (χ1v) is 24.5. The van der Waals surface area contributed by atoms with E-state index in [9.17, 15) is 9.59 Å². The number of carbonyl (C=O) groups excluding carboxylic acids is 2. The molecule has 0 bridgehead atoms. The lowest BCUT2D eigenvalue weighted by Gasteiger charge is -2.18. The van der Waals surface area contributed by atoms with E-state index in [1.54, 1.807) is 0 Å². The Morgan fingerprint density at radius 2 is 0.793 bits per heavy atom. The fraction of sp³-hybridized carbons (Fsp3) is 0.736. The fourth-order valence-corrected chi connectivity index (χ4v) is 6.53. The molecular weight excluding hydrogens is 717 g/mol. The average Bonchev–Trinajstić information content (AvgIpc) is 3.22. The molecule has 0 spiro atoms. The van der Waals surface area contributed by atoms with Gasteiger partial charge in [0.2, 0.25) is 0 Å². The van der Waals surface area contributed by atoms with Crippen LogP contribution in [0.5, 0.6) is 0 Å². The van der Waals surface area contributed by atoms with Gasteiger partial charge in [-0.1, -0.05) is 184 Å². The summed E-state index contributed by atoms with van der Waals surface area (Å²) in [4.78, 5) is 25.3. The lowest BCUT2D eigenvalue weighted by atomic mass is 10.1. The molecule has 0 saturated carbocycles. The quantitative estimate of drug-likeness (QED) is 0.0348. The molecule has 0 aromatic carbocycles. The highest BCUT2D eigenvalue weighted by Gasteiger charge is 2.17. The smallest absolute Gasteiger partial charge is 0.306 e. The van der Waals surface area contributed by atoms with E-state index in [-0.39, 0.29) is 25.2 Å². The molecule has 0 aliphatic carbocycles. The zero-order chi connectivity index (χ0) is 42.1. The fourth-order valence-electron chi connectivity index (χ4n) is 6.53. The van der Waals surface area contributed by atoms with Gasteiger partial charge in [-0.3, -0.25) is 9.59 Å². The second-order valence-corrected chi connectivity index (χ2v) is 16.0. The van der Waals surface area contributed by atoms with Gasteiger partial charge >= 0.3 is 11.9 Å². The van der Waals surface area contributed by atoms with E-state index in [0.717, 1.165) is 89.9 Å². The zero-order valence-corrected chi connectivity index (χ0v) is 38.3. The topological polar surface area (TPSA) is 61.8 Å². The molecule has 1 unspecified atom stereocenters. The van der Waals surface area contributed by atoms with Crippen LogP contribution < -0.4 is 0 Å². The molecule has 0 rings (SSSR count). The van der Waals surface area contributed by atoms with E-state index < -0.39 is 6.10 Å². The van der Waals surface area contributed by atoms with Crippen LogP contribution in [0.4, 0.5) is 0 Å². The lowest BCUT2D eigenvalue weighted by molar-refractivity contribution is -0.163. The molecule has 5 heteroatoms. The predicted octanol–water partition coefficient (Wildman–Crippen LogP) is 16.3. The maximum Gasteiger partial charge on any atom is 0.306 e. The summed E-state index contributed by atoms with van der Waals surface area (Å²) in [6, 6.07) is 0. The third kappa shape index (κ3) is 46.0. The van der Waals surface area contributed by atoms with E-state index in [1.807, 2.05) is 0 Å². The summed E-state index contributed by atoms with van der Waals surface area (Å²) < 4.78 is 17.3. The first-order valence-electron chi connectivity index (χ1n) is 24.5. The Bertz CT molecular complexity index is 1050. The molecular formula is C53H92O5. The van der Waals surface area contributed by atoms with Crippen LogP contribution in [0.25, 0.3) is 0 Å². The minimum atomic E-state index is -0.556. The van der Waals surface area contributed by atoms with Crippen molar-refractivity contribution in [3.8, 4) is 0 Å². The average molecular weight is 809 g/mol. The van der Waals surface area contributed by atoms with Crippen molar-refractivity contribution in [1.82, 2.24) is 0 Å². The molecule has 0 N–H and O–H groups in total. The van der Waals surface area contributed by atoms with Crippen molar-refractivity contribution < 1.29 is 23.8 Å². The van der Waals surface area contributed by atoms with Gasteiger partial charge in [0.15, 0.2) is 6.10 Å². The molecule has 0 aliphatic rings. The van der Waals surface area contributed by atoms with Gasteiger partial charge in [0.25, 0.3) is 0 Å². The van der Waals surface area contributed by atoms with E-state index in [1.165, 1.54) is 103 Å². The van der Waals surface area contributed by atoms with Gasteiger partial charge in [-0.25, -0.2) is 0 Å². The minimum Gasteiger partial charge on any atom is -0.462 e. The Morgan fingerprint density at radius 3 is 1.31 bits per heavy atom. The Morgan fingerprint density at radius 1 is 0.397 bits per heavy atom. The number of ether oxygens (including phenoxy) is 3. The number of allylic oxidation sites excluding steroid dienone is 12. The second-order valence-electron chi connectivity index (χ2n) is 16.0. The molecule has 1 atom stereocenters. The van der Waals surface area contributed by atoms with Gasteiger partial charge < -0.3 is 14.2 Å². The van der Waals surface area contributed by atoms with Crippen molar-refractivity contribution in [2.75, 3.05) is 19.8 Å². The highest BCUT2D eigenvalue weighted by atomic mass is 16.6. The summed E-state index contributed by atoms with van der Waals surface area (Å²) in [5, 5.41) is 0. The number of esters is 2. The molecule has 0 aromatic rings. The third-order valence-electron chi connectivity index (χ3n) is 10.2. The van der Waals surface area contributed by atoms with Crippen LogP contribution in [-0.2, 0) is 23.8 Å². The summed E-state index contributed by atoms with van der Waals surface area (Å²) in [7, 11) is 0. The number of carbonyl (C=O) groups is 2. The molecule has 0 heterocycles. The van der Waals surface area contributed by atoms with Gasteiger partial charge in [0, 0.05) is 19.4 Å². The normalized spacial score (nSPS) is 12.8. The summed E-state index contributed by atoms with van der Waals surface area (Å²) in [5.74, 6) is -0.431. The maximum absolute atomic E-state index is 12.7. The van der Waals surface area contributed by atoms with Crippen molar-refractivity contribution in [3.63, 3.8) is 0 Å². The molecule has 0 aliphatic heterocycles. The summed E-state index contributed by atoms with van der Waals surface area (Å²) in [6.07, 6.45) is 61.9. The molecule has 0 radical (unpaired) electrons. The number of hydrogen-bond acceptors (Lipinski definition) is 5. The van der Waals surface area contributed by atoms with Crippen molar-refractivity contribution in [3.05, 3.63) is 72.9 Å². The van der Waals surface area contributed by atoms with Gasteiger partial charge in [0.1, 0.15) is 6.61 Å². The van der Waals surface area contributed by atoms with Crippen molar-refractivity contribution >= 4 is 11.9 Å². The SMILES string of the molecule is CC/C=C\C/C=C\C/C=C\CCCCCCOCC(COC(=O)CCCCCCCCC/C=C\C/C=C\CCCCC)OC(=O)CCCCCCC/C=C\CCCC. The molecule has 0 saturated heterocycles. The van der Waals surface area contributed by atoms with Gasteiger partial charge in [-0.05, 0) is 103 Å². The Labute approximate surface area is 359 Å². The molecule has 0 amide bonds. The highest BCUT2D eigenvalue weighted by molar-refractivity contribution is 5.70. The number of unbranched alkanes of at least 4 members (excludes halogenated alkanes) is 21. The van der Waals surface area contributed by atoms with E-state index in [0.29, 0.717) is 19.4 Å². The first kappa shape index (κ1) is 55.3. The van der Waals surface area contributed by atoms with E-state index in [4.69, 9.17) is 14.2 Å². The van der Waals surface area contributed by atoms with Gasteiger partial charge in [-0.15, -0.1) is 0 Å². The van der Waals surface area contributed by atoms with Crippen molar-refractivity contribution in [2.45, 2.75) is 232 Å².